The van der Waals surface area contributed by atoms with Gasteiger partial charge in [0.05, 0.1) is 16.3 Å². The molecule has 9 heteroatoms. The minimum atomic E-state index is -1.23. The number of imidazole rings is 1. The molecule has 1 unspecified atom stereocenters. The lowest BCUT2D eigenvalue weighted by Crippen LogP contribution is -2.11. The van der Waals surface area contributed by atoms with Gasteiger partial charge in [-0.3, -0.25) is 4.21 Å². The minimum absolute atomic E-state index is 0.364. The Bertz CT molecular complexity index is 958. The molecule has 0 aromatic carbocycles. The van der Waals surface area contributed by atoms with Gasteiger partial charge in [-0.2, -0.15) is 0 Å². The second-order valence-corrected chi connectivity index (χ2v) is 7.62. The van der Waals surface area contributed by atoms with Gasteiger partial charge < -0.3 is 15.0 Å². The second kappa shape index (κ2) is 8.53. The molecule has 0 aliphatic heterocycles. The number of nitrogens with zero attached hydrogens (tertiary/aromatic N) is 5. The van der Waals surface area contributed by atoms with Crippen LogP contribution in [0, 0.1) is 13.8 Å². The molecule has 27 heavy (non-hydrogen) atoms. The van der Waals surface area contributed by atoms with Crippen LogP contribution in [0.15, 0.2) is 23.6 Å². The summed E-state index contributed by atoms with van der Waals surface area (Å²) in [5.41, 5.74) is 9.68. The molecule has 8 nitrogen and oxygen atoms in total. The number of rotatable bonds is 8. The predicted octanol–water partition coefficient (Wildman–Crippen LogP) is 2.15. The van der Waals surface area contributed by atoms with Crippen molar-refractivity contribution < 1.29 is 8.95 Å². The third-order valence-electron chi connectivity index (χ3n) is 4.37. The molecular weight excluding hydrogens is 364 g/mol. The summed E-state index contributed by atoms with van der Waals surface area (Å²) in [6, 6.07) is 1.71. The van der Waals surface area contributed by atoms with E-state index in [4.69, 9.17) is 10.5 Å². The number of nitrogens with two attached hydrogens (primary N) is 1. The SMILES string of the molecule is CCOCc1nc2c(N)nc(C)c(C)c2n1CCCS(=O)c1ncccn1. The van der Waals surface area contributed by atoms with Crippen LogP contribution in [0.2, 0.25) is 0 Å². The van der Waals surface area contributed by atoms with Gasteiger partial charge in [0.15, 0.2) is 5.82 Å². The number of hydrogen-bond donors (Lipinski definition) is 1. The van der Waals surface area contributed by atoms with Crippen molar-refractivity contribution >= 4 is 27.7 Å². The standard InChI is InChI=1S/C18H24N6O2S/c1-4-26-11-14-23-15-16(12(2)13(3)22-17(15)19)24(14)9-6-10-27(25)18-20-7-5-8-21-18/h5,7-8H,4,6,9-11H2,1-3H3,(H2,19,22). The van der Waals surface area contributed by atoms with Gasteiger partial charge in [0.1, 0.15) is 17.9 Å². The quantitative estimate of drug-likeness (QED) is 0.589. The number of fused-ring (bicyclic) bond motifs is 1. The smallest absolute Gasteiger partial charge is 0.218 e. The number of anilines is 1. The first-order valence-electron chi connectivity index (χ1n) is 8.87. The maximum absolute atomic E-state index is 12.4. The van der Waals surface area contributed by atoms with Gasteiger partial charge >= 0.3 is 0 Å². The van der Waals surface area contributed by atoms with Gasteiger partial charge in [-0.15, -0.1) is 0 Å². The molecule has 0 aliphatic rings. The highest BCUT2D eigenvalue weighted by molar-refractivity contribution is 7.84. The summed E-state index contributed by atoms with van der Waals surface area (Å²) in [6.07, 6.45) is 3.90. The van der Waals surface area contributed by atoms with Crippen molar-refractivity contribution in [1.29, 1.82) is 0 Å². The van der Waals surface area contributed by atoms with Crippen LogP contribution in [-0.2, 0) is 28.7 Å². The summed E-state index contributed by atoms with van der Waals surface area (Å²) in [6.45, 7) is 7.55. The Morgan fingerprint density at radius 3 is 2.67 bits per heavy atom. The van der Waals surface area contributed by atoms with Gasteiger partial charge in [0.25, 0.3) is 0 Å². The largest absolute Gasteiger partial charge is 0.382 e. The summed E-state index contributed by atoms with van der Waals surface area (Å²) in [5, 5.41) is 0.364. The average Bonchev–Trinajstić information content (AvgIpc) is 3.04. The Kier molecular flexibility index (Phi) is 6.12. The molecule has 3 rings (SSSR count). The van der Waals surface area contributed by atoms with E-state index < -0.39 is 10.8 Å². The molecule has 3 aromatic rings. The van der Waals surface area contributed by atoms with E-state index in [-0.39, 0.29) is 0 Å². The molecule has 2 N–H and O–H groups in total. The zero-order valence-electron chi connectivity index (χ0n) is 15.8. The summed E-state index contributed by atoms with van der Waals surface area (Å²) in [7, 11) is -1.23. The molecule has 0 saturated carbocycles. The Morgan fingerprint density at radius 1 is 1.22 bits per heavy atom. The third-order valence-corrected chi connectivity index (χ3v) is 5.65. The number of nitrogen functional groups attached to an aromatic ring is 1. The molecule has 0 bridgehead atoms. The van der Waals surface area contributed by atoms with E-state index in [1.807, 2.05) is 20.8 Å². The van der Waals surface area contributed by atoms with Gasteiger partial charge in [-0.25, -0.2) is 19.9 Å². The van der Waals surface area contributed by atoms with Crippen LogP contribution in [0.3, 0.4) is 0 Å². The minimum Gasteiger partial charge on any atom is -0.382 e. The normalized spacial score (nSPS) is 12.6. The van der Waals surface area contributed by atoms with Crippen molar-refractivity contribution in [2.24, 2.45) is 0 Å². The highest BCUT2D eigenvalue weighted by Crippen LogP contribution is 2.26. The van der Waals surface area contributed by atoms with Crippen molar-refractivity contribution in [1.82, 2.24) is 24.5 Å². The van der Waals surface area contributed by atoms with E-state index >= 15 is 0 Å². The monoisotopic (exact) mass is 388 g/mol. The molecule has 3 heterocycles. The summed E-state index contributed by atoms with van der Waals surface area (Å²) < 4.78 is 20.1. The number of hydrogen-bond acceptors (Lipinski definition) is 7. The van der Waals surface area contributed by atoms with E-state index in [0.29, 0.717) is 48.4 Å². The number of pyridine rings is 1. The lowest BCUT2D eigenvalue weighted by Gasteiger charge is -2.11. The third kappa shape index (κ3) is 4.14. The molecule has 0 saturated heterocycles. The molecule has 0 amide bonds. The maximum Gasteiger partial charge on any atom is 0.218 e. The van der Waals surface area contributed by atoms with E-state index in [2.05, 4.69) is 24.5 Å². The van der Waals surface area contributed by atoms with E-state index in [1.165, 1.54) is 0 Å². The van der Waals surface area contributed by atoms with Crippen molar-refractivity contribution in [3.63, 3.8) is 0 Å². The highest BCUT2D eigenvalue weighted by Gasteiger charge is 2.18. The van der Waals surface area contributed by atoms with Gasteiger partial charge in [-0.05, 0) is 38.8 Å². The lowest BCUT2D eigenvalue weighted by molar-refractivity contribution is 0.126. The van der Waals surface area contributed by atoms with Crippen LogP contribution in [0.4, 0.5) is 5.82 Å². The topological polar surface area (TPSA) is 109 Å². The summed E-state index contributed by atoms with van der Waals surface area (Å²) in [5.74, 6) is 1.69. The van der Waals surface area contributed by atoms with Crippen LogP contribution >= 0.6 is 0 Å². The Morgan fingerprint density at radius 2 is 1.96 bits per heavy atom. The van der Waals surface area contributed by atoms with Gasteiger partial charge in [-0.1, -0.05) is 0 Å². The van der Waals surface area contributed by atoms with Crippen molar-refractivity contribution in [2.75, 3.05) is 18.1 Å². The van der Waals surface area contributed by atoms with E-state index in [0.717, 1.165) is 22.6 Å². The Balaban J connectivity index is 1.86. The van der Waals surface area contributed by atoms with Crippen LogP contribution in [0.1, 0.15) is 30.4 Å². The predicted molar refractivity (Wildman–Crippen MR) is 105 cm³/mol. The molecule has 0 aliphatic carbocycles. The van der Waals surface area contributed by atoms with Crippen molar-refractivity contribution in [2.45, 2.75) is 45.5 Å². The Labute approximate surface area is 160 Å². The van der Waals surface area contributed by atoms with Crippen LogP contribution < -0.4 is 5.73 Å². The average molecular weight is 388 g/mol. The summed E-state index contributed by atoms with van der Waals surface area (Å²) >= 11 is 0. The highest BCUT2D eigenvalue weighted by atomic mass is 32.2. The molecule has 0 spiro atoms. The fraction of sp³-hybridized carbons (Fsp3) is 0.444. The fourth-order valence-corrected chi connectivity index (χ4v) is 3.87. The molecular formula is C18H24N6O2S. The lowest BCUT2D eigenvalue weighted by atomic mass is 10.2. The van der Waals surface area contributed by atoms with Crippen LogP contribution in [-0.4, -0.2) is 41.1 Å². The first-order chi connectivity index (χ1) is 13.0. The van der Waals surface area contributed by atoms with E-state index in [9.17, 15) is 4.21 Å². The molecule has 1 atom stereocenters. The molecule has 0 fully saturated rings. The van der Waals surface area contributed by atoms with Crippen LogP contribution in [0.5, 0.6) is 0 Å². The zero-order valence-corrected chi connectivity index (χ0v) is 16.6. The van der Waals surface area contributed by atoms with E-state index in [1.54, 1.807) is 18.5 Å². The first kappa shape index (κ1) is 19.4. The van der Waals surface area contributed by atoms with Gasteiger partial charge in [0, 0.05) is 37.0 Å². The van der Waals surface area contributed by atoms with Gasteiger partial charge in [0.2, 0.25) is 5.16 Å². The zero-order chi connectivity index (χ0) is 19.4. The first-order valence-corrected chi connectivity index (χ1v) is 10.2. The fourth-order valence-electron chi connectivity index (χ4n) is 2.94. The molecule has 144 valence electrons. The Hall–Kier alpha value is -2.39. The van der Waals surface area contributed by atoms with Crippen molar-refractivity contribution in [3.8, 4) is 0 Å². The molecule has 0 radical (unpaired) electrons. The van der Waals surface area contributed by atoms with Crippen molar-refractivity contribution in [3.05, 3.63) is 35.5 Å². The van der Waals surface area contributed by atoms with Crippen LogP contribution in [0.25, 0.3) is 11.0 Å². The maximum atomic E-state index is 12.4. The number of aromatic nitrogens is 5. The molecule has 3 aromatic heterocycles. The number of ether oxygens (including phenoxy) is 1. The second-order valence-electron chi connectivity index (χ2n) is 6.16. The number of aryl methyl sites for hydroxylation is 3. The summed E-state index contributed by atoms with van der Waals surface area (Å²) in [4.78, 5) is 17.2.